The molecule has 0 aromatic carbocycles. The van der Waals surface area contributed by atoms with Crippen molar-refractivity contribution < 1.29 is 13.6 Å². The molecule has 2 saturated heterocycles. The number of pyridine rings is 1. The van der Waals surface area contributed by atoms with Gasteiger partial charge in [-0.1, -0.05) is 11.3 Å². The number of anilines is 1. The standard InChI is InChI=1S/C19H21F2N5OS/c20-17(21)15-4-1-11(7-23-15)18(27)25-6-5-14-16(10-25)28-19(24-14)26-12-2-3-13(26)9-22-8-12/h1,4,7,12-13,17,22H,2-3,5-6,8-10H2. The maximum Gasteiger partial charge on any atom is 0.280 e. The van der Waals surface area contributed by atoms with Crippen LogP contribution in [-0.2, 0) is 13.0 Å². The lowest BCUT2D eigenvalue weighted by atomic mass is 10.1. The summed E-state index contributed by atoms with van der Waals surface area (Å²) in [7, 11) is 0. The smallest absolute Gasteiger partial charge is 0.280 e. The van der Waals surface area contributed by atoms with Crippen LogP contribution >= 0.6 is 11.3 Å². The van der Waals surface area contributed by atoms with Crippen molar-refractivity contribution >= 4 is 22.4 Å². The summed E-state index contributed by atoms with van der Waals surface area (Å²) in [5.41, 5.74) is 1.13. The highest BCUT2D eigenvalue weighted by Gasteiger charge is 2.39. The Labute approximate surface area is 165 Å². The van der Waals surface area contributed by atoms with Gasteiger partial charge >= 0.3 is 0 Å². The monoisotopic (exact) mass is 405 g/mol. The highest BCUT2D eigenvalue weighted by molar-refractivity contribution is 7.15. The first-order valence-electron chi connectivity index (χ1n) is 9.61. The molecule has 0 spiro atoms. The van der Waals surface area contributed by atoms with Crippen LogP contribution in [0.15, 0.2) is 18.3 Å². The quantitative estimate of drug-likeness (QED) is 0.851. The number of rotatable bonds is 3. The van der Waals surface area contributed by atoms with Gasteiger partial charge in [0.15, 0.2) is 5.13 Å². The number of alkyl halides is 2. The lowest BCUT2D eigenvalue weighted by molar-refractivity contribution is 0.0735. The number of carbonyl (C=O) groups is 1. The number of amides is 1. The van der Waals surface area contributed by atoms with Gasteiger partial charge in [0.05, 0.1) is 17.8 Å². The van der Waals surface area contributed by atoms with Crippen LogP contribution in [0.1, 0.15) is 45.9 Å². The zero-order valence-electron chi connectivity index (χ0n) is 15.3. The molecule has 0 aliphatic carbocycles. The van der Waals surface area contributed by atoms with Crippen LogP contribution in [0.2, 0.25) is 0 Å². The predicted octanol–water partition coefficient (Wildman–Crippen LogP) is 2.61. The molecule has 2 bridgehead atoms. The molecule has 2 fully saturated rings. The van der Waals surface area contributed by atoms with E-state index in [-0.39, 0.29) is 11.6 Å². The van der Waals surface area contributed by atoms with E-state index in [4.69, 9.17) is 4.98 Å². The molecule has 3 aliphatic heterocycles. The number of nitrogens with one attached hydrogen (secondary N) is 1. The lowest BCUT2D eigenvalue weighted by Gasteiger charge is -2.35. The summed E-state index contributed by atoms with van der Waals surface area (Å²) in [4.78, 5) is 26.7. The Morgan fingerprint density at radius 1 is 1.25 bits per heavy atom. The van der Waals surface area contributed by atoms with Crippen LogP contribution in [0.4, 0.5) is 13.9 Å². The second-order valence-electron chi connectivity index (χ2n) is 7.57. The van der Waals surface area contributed by atoms with Gasteiger partial charge in [-0.05, 0) is 25.0 Å². The number of piperazine rings is 1. The van der Waals surface area contributed by atoms with E-state index in [1.165, 1.54) is 31.2 Å². The van der Waals surface area contributed by atoms with Gasteiger partial charge in [-0.3, -0.25) is 9.78 Å². The summed E-state index contributed by atoms with van der Waals surface area (Å²) in [6.07, 6.45) is 1.75. The molecular weight excluding hydrogens is 384 g/mol. The second kappa shape index (κ2) is 7.04. The van der Waals surface area contributed by atoms with Crippen LogP contribution in [0.25, 0.3) is 0 Å². The van der Waals surface area contributed by atoms with Crippen molar-refractivity contribution in [1.82, 2.24) is 20.2 Å². The number of carbonyl (C=O) groups excluding carboxylic acids is 1. The van der Waals surface area contributed by atoms with E-state index in [1.807, 2.05) is 0 Å². The molecule has 5 rings (SSSR count). The Kier molecular flexibility index (Phi) is 4.51. The first kappa shape index (κ1) is 17.9. The Morgan fingerprint density at radius 2 is 2.04 bits per heavy atom. The fourth-order valence-corrected chi connectivity index (χ4v) is 5.67. The topological polar surface area (TPSA) is 61.4 Å². The first-order valence-corrected chi connectivity index (χ1v) is 10.4. The fraction of sp³-hybridized carbons (Fsp3) is 0.526. The van der Waals surface area contributed by atoms with Crippen LogP contribution in [0.3, 0.4) is 0 Å². The van der Waals surface area contributed by atoms with Crippen molar-refractivity contribution in [3.05, 3.63) is 40.2 Å². The van der Waals surface area contributed by atoms with Gasteiger partial charge in [0, 0.05) is 49.2 Å². The van der Waals surface area contributed by atoms with Crippen molar-refractivity contribution in [3.63, 3.8) is 0 Å². The molecule has 2 aromatic heterocycles. The summed E-state index contributed by atoms with van der Waals surface area (Å²) < 4.78 is 25.3. The zero-order chi connectivity index (χ0) is 19.3. The molecule has 0 saturated carbocycles. The Balaban J connectivity index is 1.33. The SMILES string of the molecule is O=C(c1ccc(C(F)F)nc1)N1CCc2nc(N3C4CCC3CNC4)sc2C1. The van der Waals surface area contributed by atoms with E-state index in [9.17, 15) is 13.6 Å². The average molecular weight is 405 g/mol. The van der Waals surface area contributed by atoms with Crippen molar-refractivity contribution in [1.29, 1.82) is 0 Å². The largest absolute Gasteiger partial charge is 0.340 e. The molecule has 0 radical (unpaired) electrons. The van der Waals surface area contributed by atoms with Crippen molar-refractivity contribution in [2.24, 2.45) is 0 Å². The maximum absolute atomic E-state index is 12.8. The third kappa shape index (κ3) is 3.06. The van der Waals surface area contributed by atoms with Gasteiger partial charge in [-0.25, -0.2) is 13.8 Å². The Bertz CT molecular complexity index is 871. The molecule has 5 heterocycles. The molecule has 9 heteroatoms. The summed E-state index contributed by atoms with van der Waals surface area (Å²) in [5.74, 6) is -0.170. The fourth-order valence-electron chi connectivity index (χ4n) is 4.40. The van der Waals surface area contributed by atoms with E-state index in [0.717, 1.165) is 35.2 Å². The number of fused-ring (bicyclic) bond motifs is 3. The van der Waals surface area contributed by atoms with Crippen LogP contribution in [-0.4, -0.2) is 52.5 Å². The van der Waals surface area contributed by atoms with E-state index >= 15 is 0 Å². The highest BCUT2D eigenvalue weighted by atomic mass is 32.1. The molecular formula is C19H21F2N5OS. The molecule has 1 amide bonds. The molecule has 2 aromatic rings. The maximum atomic E-state index is 12.8. The summed E-state index contributed by atoms with van der Waals surface area (Å²) in [6, 6.07) is 3.69. The Morgan fingerprint density at radius 3 is 2.71 bits per heavy atom. The van der Waals surface area contributed by atoms with Crippen LogP contribution in [0.5, 0.6) is 0 Å². The van der Waals surface area contributed by atoms with Gasteiger partial charge in [-0.15, -0.1) is 0 Å². The summed E-state index contributed by atoms with van der Waals surface area (Å²) in [6.45, 7) is 3.11. The van der Waals surface area contributed by atoms with Gasteiger partial charge in [0.1, 0.15) is 5.69 Å². The Hall–Kier alpha value is -2.13. The number of nitrogens with zero attached hydrogens (tertiary/aromatic N) is 4. The van der Waals surface area contributed by atoms with Gasteiger partial charge in [0.2, 0.25) is 0 Å². The van der Waals surface area contributed by atoms with Crippen LogP contribution in [0, 0.1) is 0 Å². The first-order chi connectivity index (χ1) is 13.6. The second-order valence-corrected chi connectivity index (χ2v) is 8.63. The number of aromatic nitrogens is 2. The minimum Gasteiger partial charge on any atom is -0.340 e. The van der Waals surface area contributed by atoms with Gasteiger partial charge in [0.25, 0.3) is 12.3 Å². The van der Waals surface area contributed by atoms with E-state index < -0.39 is 6.43 Å². The van der Waals surface area contributed by atoms with Crippen molar-refractivity contribution in [2.45, 2.75) is 44.3 Å². The average Bonchev–Trinajstić information content (AvgIpc) is 3.24. The van der Waals surface area contributed by atoms with E-state index in [0.29, 0.717) is 30.7 Å². The molecule has 2 atom stereocenters. The predicted molar refractivity (Wildman–Crippen MR) is 102 cm³/mol. The zero-order valence-corrected chi connectivity index (χ0v) is 16.1. The highest BCUT2D eigenvalue weighted by Crippen LogP contribution is 2.38. The van der Waals surface area contributed by atoms with Gasteiger partial charge < -0.3 is 15.1 Å². The van der Waals surface area contributed by atoms with E-state index in [2.05, 4.69) is 15.2 Å². The minimum atomic E-state index is -2.63. The van der Waals surface area contributed by atoms with Crippen LogP contribution < -0.4 is 10.2 Å². The number of halogens is 2. The molecule has 148 valence electrons. The number of hydrogen-bond donors (Lipinski definition) is 1. The third-order valence-electron chi connectivity index (χ3n) is 5.86. The molecule has 3 aliphatic rings. The molecule has 2 unspecified atom stereocenters. The molecule has 1 N–H and O–H groups in total. The number of hydrogen-bond acceptors (Lipinski definition) is 6. The summed E-state index contributed by atoms with van der Waals surface area (Å²) in [5, 5.41) is 4.57. The summed E-state index contributed by atoms with van der Waals surface area (Å²) >= 11 is 1.69. The molecule has 28 heavy (non-hydrogen) atoms. The molecule has 6 nitrogen and oxygen atoms in total. The van der Waals surface area contributed by atoms with Crippen molar-refractivity contribution in [3.8, 4) is 0 Å². The van der Waals surface area contributed by atoms with E-state index in [1.54, 1.807) is 16.2 Å². The lowest BCUT2D eigenvalue weighted by Crippen LogP contribution is -2.51. The minimum absolute atomic E-state index is 0.170. The third-order valence-corrected chi connectivity index (χ3v) is 6.96. The van der Waals surface area contributed by atoms with Gasteiger partial charge in [-0.2, -0.15) is 0 Å². The number of thiazole rings is 1. The normalized spacial score (nSPS) is 24.0. The van der Waals surface area contributed by atoms with Crippen molar-refractivity contribution in [2.75, 3.05) is 24.5 Å².